The van der Waals surface area contributed by atoms with Crippen molar-refractivity contribution in [2.45, 2.75) is 0 Å². The highest BCUT2D eigenvalue weighted by atomic mass is 35.5. The minimum atomic E-state index is -0.517. The Labute approximate surface area is 152 Å². The van der Waals surface area contributed by atoms with Crippen LogP contribution in [-0.2, 0) is 4.79 Å². The number of rotatable bonds is 3. The van der Waals surface area contributed by atoms with Crippen molar-refractivity contribution in [3.8, 4) is 11.3 Å². The lowest BCUT2D eigenvalue weighted by atomic mass is 10.1. The molecule has 1 amide bonds. The first kappa shape index (κ1) is 17.2. The number of nitro groups is 1. The Morgan fingerprint density at radius 3 is 2.76 bits per heavy atom. The number of carbonyl (C=O) groups is 1. The molecule has 0 spiro atoms. The maximum atomic E-state index is 12.1. The van der Waals surface area contributed by atoms with Crippen molar-refractivity contribution >= 4 is 46.2 Å². The summed E-state index contributed by atoms with van der Waals surface area (Å²) in [6.07, 6.45) is 1.59. The summed E-state index contributed by atoms with van der Waals surface area (Å²) in [6.45, 7) is 0. The zero-order valence-electron chi connectivity index (χ0n) is 13.2. The number of hydrogen-bond donors (Lipinski definition) is 0. The fraction of sp³-hybridized carbons (Fsp3) is 0.125. The highest BCUT2D eigenvalue weighted by Gasteiger charge is 2.30. The minimum absolute atomic E-state index is 0.146. The van der Waals surface area contributed by atoms with Gasteiger partial charge in [0.25, 0.3) is 11.6 Å². The Balaban J connectivity index is 1.96. The highest BCUT2D eigenvalue weighted by Crippen LogP contribution is 2.35. The molecule has 0 radical (unpaired) electrons. The standard InChI is InChI=1S/C16H12ClN3O4S/c1-18-16-19(2)15(21)14(25-16)8-10-4-6-13(24-10)11-5-3-9(17)7-12(11)20(22)23/h3-8H,1-2H3/b14-8+,18-16?. The van der Waals surface area contributed by atoms with Gasteiger partial charge in [-0.2, -0.15) is 0 Å². The summed E-state index contributed by atoms with van der Waals surface area (Å²) in [5.41, 5.74) is 0.171. The zero-order valence-corrected chi connectivity index (χ0v) is 14.8. The normalized spacial score (nSPS) is 17.7. The number of amidine groups is 1. The van der Waals surface area contributed by atoms with Crippen LogP contribution in [0, 0.1) is 10.1 Å². The molecule has 128 valence electrons. The molecule has 3 rings (SSSR count). The Hall–Kier alpha value is -2.58. The number of thioether (sulfide) groups is 1. The Kier molecular flexibility index (Phi) is 4.65. The van der Waals surface area contributed by atoms with Crippen molar-refractivity contribution in [3.05, 3.63) is 56.1 Å². The van der Waals surface area contributed by atoms with E-state index in [9.17, 15) is 14.9 Å². The molecule has 1 aromatic carbocycles. The quantitative estimate of drug-likeness (QED) is 0.457. The third-order valence-electron chi connectivity index (χ3n) is 3.52. The predicted molar refractivity (Wildman–Crippen MR) is 97.5 cm³/mol. The van der Waals surface area contributed by atoms with Crippen molar-refractivity contribution in [2.75, 3.05) is 14.1 Å². The lowest BCUT2D eigenvalue weighted by molar-refractivity contribution is -0.384. The van der Waals surface area contributed by atoms with Gasteiger partial charge >= 0.3 is 0 Å². The van der Waals surface area contributed by atoms with E-state index >= 15 is 0 Å². The topological polar surface area (TPSA) is 89.0 Å². The Morgan fingerprint density at radius 1 is 1.36 bits per heavy atom. The molecule has 0 saturated carbocycles. The predicted octanol–water partition coefficient (Wildman–Crippen LogP) is 4.04. The molecule has 0 bridgehead atoms. The molecular weight excluding hydrogens is 366 g/mol. The molecule has 1 saturated heterocycles. The van der Waals surface area contributed by atoms with Crippen molar-refractivity contribution in [2.24, 2.45) is 4.99 Å². The number of halogens is 1. The fourth-order valence-electron chi connectivity index (χ4n) is 2.32. The number of furan rings is 1. The number of benzene rings is 1. The van der Waals surface area contributed by atoms with Crippen LogP contribution >= 0.6 is 23.4 Å². The first-order valence-electron chi connectivity index (χ1n) is 7.09. The van der Waals surface area contributed by atoms with E-state index in [0.717, 1.165) is 0 Å². The monoisotopic (exact) mass is 377 g/mol. The Morgan fingerprint density at radius 2 is 2.12 bits per heavy atom. The molecule has 1 aromatic heterocycles. The number of nitro benzene ring substituents is 1. The average Bonchev–Trinajstić information content (AvgIpc) is 3.15. The van der Waals surface area contributed by atoms with Crippen molar-refractivity contribution in [1.82, 2.24) is 4.90 Å². The van der Waals surface area contributed by atoms with E-state index in [1.165, 1.54) is 28.8 Å². The fourth-order valence-corrected chi connectivity index (χ4v) is 3.39. The van der Waals surface area contributed by atoms with Crippen LogP contribution in [0.5, 0.6) is 0 Å². The summed E-state index contributed by atoms with van der Waals surface area (Å²) in [7, 11) is 3.25. The van der Waals surface area contributed by atoms with Crippen LogP contribution in [-0.4, -0.2) is 35.0 Å². The van der Waals surface area contributed by atoms with Gasteiger partial charge in [0.1, 0.15) is 11.5 Å². The summed E-state index contributed by atoms with van der Waals surface area (Å²) in [5, 5.41) is 12.1. The Bertz CT molecular complexity index is 935. The second kappa shape index (κ2) is 6.73. The minimum Gasteiger partial charge on any atom is -0.456 e. The van der Waals surface area contributed by atoms with Crippen LogP contribution in [0.15, 0.2) is 44.6 Å². The highest BCUT2D eigenvalue weighted by molar-refractivity contribution is 8.18. The molecule has 0 atom stereocenters. The number of carbonyl (C=O) groups excluding carboxylic acids is 1. The van der Waals surface area contributed by atoms with E-state index in [-0.39, 0.29) is 16.6 Å². The van der Waals surface area contributed by atoms with Crippen LogP contribution in [0.1, 0.15) is 5.76 Å². The molecule has 0 unspecified atom stereocenters. The molecule has 2 aromatic rings. The van der Waals surface area contributed by atoms with E-state index in [1.807, 2.05) is 0 Å². The summed E-state index contributed by atoms with van der Waals surface area (Å²) in [6, 6.07) is 7.62. The number of hydrogen-bond acceptors (Lipinski definition) is 6. The lowest BCUT2D eigenvalue weighted by Crippen LogP contribution is -2.23. The van der Waals surface area contributed by atoms with E-state index in [4.69, 9.17) is 16.0 Å². The lowest BCUT2D eigenvalue weighted by Gasteiger charge is -2.04. The van der Waals surface area contributed by atoms with Gasteiger partial charge in [0.2, 0.25) is 0 Å². The van der Waals surface area contributed by atoms with Crippen LogP contribution in [0.2, 0.25) is 5.02 Å². The molecule has 1 fully saturated rings. The summed E-state index contributed by atoms with van der Waals surface area (Å²) in [4.78, 5) is 28.8. The molecule has 0 aliphatic carbocycles. The maximum Gasteiger partial charge on any atom is 0.281 e. The van der Waals surface area contributed by atoms with E-state index < -0.39 is 4.92 Å². The zero-order chi connectivity index (χ0) is 18.1. The van der Waals surface area contributed by atoms with Gasteiger partial charge in [0.05, 0.1) is 15.4 Å². The van der Waals surface area contributed by atoms with E-state index in [2.05, 4.69) is 4.99 Å². The van der Waals surface area contributed by atoms with E-state index in [0.29, 0.717) is 27.2 Å². The van der Waals surface area contributed by atoms with Gasteiger partial charge in [-0.1, -0.05) is 11.6 Å². The van der Waals surface area contributed by atoms with E-state index in [1.54, 1.807) is 38.4 Å². The number of nitrogens with zero attached hydrogens (tertiary/aromatic N) is 3. The molecule has 25 heavy (non-hydrogen) atoms. The van der Waals surface area contributed by atoms with Crippen LogP contribution in [0.25, 0.3) is 17.4 Å². The molecule has 0 N–H and O–H groups in total. The van der Waals surface area contributed by atoms with Gasteiger partial charge in [-0.15, -0.1) is 0 Å². The van der Waals surface area contributed by atoms with Crippen molar-refractivity contribution in [3.63, 3.8) is 0 Å². The second-order valence-corrected chi connectivity index (χ2v) is 6.55. The summed E-state index contributed by atoms with van der Waals surface area (Å²) in [5.74, 6) is 0.560. The molecule has 1 aliphatic rings. The van der Waals surface area contributed by atoms with Gasteiger partial charge in [-0.05, 0) is 36.0 Å². The van der Waals surface area contributed by atoms with Crippen LogP contribution in [0.3, 0.4) is 0 Å². The van der Waals surface area contributed by atoms with Gasteiger partial charge < -0.3 is 4.42 Å². The average molecular weight is 378 g/mol. The molecule has 2 heterocycles. The molecule has 7 nitrogen and oxygen atoms in total. The van der Waals surface area contributed by atoms with Gasteiger partial charge in [-0.25, -0.2) is 0 Å². The number of amides is 1. The number of aliphatic imine (C=N–C) groups is 1. The molecule has 9 heteroatoms. The van der Waals surface area contributed by atoms with Crippen LogP contribution < -0.4 is 0 Å². The van der Waals surface area contributed by atoms with Crippen LogP contribution in [0.4, 0.5) is 5.69 Å². The molecule has 1 aliphatic heterocycles. The first-order valence-corrected chi connectivity index (χ1v) is 8.28. The molecular formula is C16H12ClN3O4S. The van der Waals surface area contributed by atoms with Gasteiger partial charge in [0.15, 0.2) is 5.17 Å². The summed E-state index contributed by atoms with van der Waals surface area (Å²) >= 11 is 7.06. The van der Waals surface area contributed by atoms with Gasteiger partial charge in [-0.3, -0.25) is 24.8 Å². The van der Waals surface area contributed by atoms with Gasteiger partial charge in [0, 0.05) is 31.3 Å². The SMILES string of the molecule is CN=C1S/C(=C/c2ccc(-c3ccc(Cl)cc3[N+](=O)[O-])o2)C(=O)N1C. The first-order chi connectivity index (χ1) is 11.9. The number of likely N-dealkylation sites (N-methyl/N-ethyl adjacent to an activating group) is 1. The third kappa shape index (κ3) is 3.31. The largest absolute Gasteiger partial charge is 0.456 e. The summed E-state index contributed by atoms with van der Waals surface area (Å²) < 4.78 is 5.67. The second-order valence-electron chi connectivity index (χ2n) is 5.10. The third-order valence-corrected chi connectivity index (χ3v) is 4.90. The smallest absolute Gasteiger partial charge is 0.281 e. The van der Waals surface area contributed by atoms with Crippen molar-refractivity contribution in [1.29, 1.82) is 0 Å². The maximum absolute atomic E-state index is 12.1. The van der Waals surface area contributed by atoms with Crippen molar-refractivity contribution < 1.29 is 14.1 Å².